The third-order valence-corrected chi connectivity index (χ3v) is 4.36. The van der Waals surface area contributed by atoms with Gasteiger partial charge >= 0.3 is 93.8 Å². The average molecular weight is 403 g/mol. The van der Waals surface area contributed by atoms with E-state index in [0.717, 1.165) is 6.44 Å². The molecular formula is C2H5I2N4O2S-. The summed E-state index contributed by atoms with van der Waals surface area (Å²) in [7, 11) is 0. The monoisotopic (exact) mass is 403 g/mol. The van der Waals surface area contributed by atoms with Crippen molar-refractivity contribution in [1.82, 2.24) is 6.44 Å². The first-order chi connectivity index (χ1) is 4.95. The zero-order valence-corrected chi connectivity index (χ0v) is 10.3. The molecule has 66 valence electrons. The fraction of sp³-hybridized carbons (Fsp3) is 0. The summed E-state index contributed by atoms with van der Waals surface area (Å²) in [6.07, 6.45) is 0. The Kier molecular flexibility index (Phi) is 5.66. The van der Waals surface area contributed by atoms with Gasteiger partial charge in [-0.25, -0.2) is 0 Å². The van der Waals surface area contributed by atoms with Crippen LogP contribution in [0.1, 0.15) is 0 Å². The number of carbonyl (C=O) groups is 2. The molecule has 0 unspecified atom stereocenters. The van der Waals surface area contributed by atoms with Gasteiger partial charge in [-0.2, -0.15) is 0 Å². The molecule has 4 N–H and O–H groups in total. The number of thiol groups is 1. The third-order valence-electron chi connectivity index (χ3n) is 0.514. The summed E-state index contributed by atoms with van der Waals surface area (Å²) >= 11 is 3.78. The molecule has 0 fully saturated rings. The van der Waals surface area contributed by atoms with E-state index in [1.54, 1.807) is 0 Å². The van der Waals surface area contributed by atoms with Gasteiger partial charge in [0.15, 0.2) is 0 Å². The standard InChI is InChI=1S/C2H5I2N4O2S/c3-1(9)7(5)4-8(6)2(10)11/h5-6H2,(H,10,11)/q-1. The van der Waals surface area contributed by atoms with Gasteiger partial charge < -0.3 is 0 Å². The molecular weight excluding hydrogens is 398 g/mol. The molecule has 0 atom stereocenters. The zero-order valence-electron chi connectivity index (χ0n) is 5.07. The Hall–Kier alpha value is 0.670. The van der Waals surface area contributed by atoms with E-state index in [1.165, 1.54) is 22.6 Å². The minimum atomic E-state index is -1.14. The fourth-order valence-corrected chi connectivity index (χ4v) is 1.78. The maximum absolute atomic E-state index is 10.5. The van der Waals surface area contributed by atoms with Crippen molar-refractivity contribution in [2.45, 2.75) is 0 Å². The molecule has 6 nitrogen and oxygen atoms in total. The van der Waals surface area contributed by atoms with E-state index in [4.69, 9.17) is 11.7 Å². The van der Waals surface area contributed by atoms with Crippen molar-refractivity contribution in [2.75, 3.05) is 0 Å². The second kappa shape index (κ2) is 5.34. The summed E-state index contributed by atoms with van der Waals surface area (Å²) in [5.41, 5.74) is 0. The van der Waals surface area contributed by atoms with Crippen LogP contribution in [-0.2, 0) is 0 Å². The molecule has 11 heavy (non-hydrogen) atoms. The summed E-state index contributed by atoms with van der Waals surface area (Å²) in [5.74, 6) is 10.3. The molecule has 0 rings (SSSR count). The van der Waals surface area contributed by atoms with Crippen molar-refractivity contribution in [3.63, 3.8) is 0 Å². The van der Waals surface area contributed by atoms with Crippen molar-refractivity contribution in [3.05, 3.63) is 0 Å². The van der Waals surface area contributed by atoms with Crippen LogP contribution in [0.15, 0.2) is 0 Å². The average Bonchev–Trinajstić information content (AvgIpc) is 1.87. The van der Waals surface area contributed by atoms with E-state index >= 15 is 0 Å². The summed E-state index contributed by atoms with van der Waals surface area (Å²) in [6, 6.07) is 0. The normalized spacial score (nSPS) is 9.45. The van der Waals surface area contributed by atoms with Crippen molar-refractivity contribution < 1.29 is 31.3 Å². The van der Waals surface area contributed by atoms with Crippen LogP contribution >= 0.6 is 35.2 Å². The second-order valence-electron chi connectivity index (χ2n) is 1.23. The molecule has 2 amide bonds. The molecule has 0 heterocycles. The third kappa shape index (κ3) is 5.00. The Morgan fingerprint density at radius 3 is 2.09 bits per heavy atom. The Morgan fingerprint density at radius 1 is 1.36 bits per heavy atom. The quantitative estimate of drug-likeness (QED) is 0.0665. The summed E-state index contributed by atoms with van der Waals surface area (Å²) in [6.45, 7) is 0. The molecule has 0 spiro atoms. The first-order valence-corrected chi connectivity index (χ1v) is 5.58. The number of hydrogen-bond donors (Lipinski definition) is 3. The van der Waals surface area contributed by atoms with Crippen LogP contribution in [0.5, 0.6) is 0 Å². The van der Waals surface area contributed by atoms with Gasteiger partial charge in [-0.05, 0) is 0 Å². The van der Waals surface area contributed by atoms with Crippen LogP contribution in [0.25, 0.3) is 0 Å². The van der Waals surface area contributed by atoms with E-state index in [9.17, 15) is 9.59 Å². The number of hydrazine groups is 2. The number of nitrogens with two attached hydrogens (primary N) is 2. The SMILES string of the molecule is NN([I-]N(N)C(=O)I)C(=O)S. The molecule has 0 aromatic rings. The van der Waals surface area contributed by atoms with Gasteiger partial charge in [-0.3, -0.25) is 0 Å². The van der Waals surface area contributed by atoms with Crippen molar-refractivity contribution in [1.29, 1.82) is 0 Å². The Morgan fingerprint density at radius 2 is 1.82 bits per heavy atom. The number of halogens is 2. The Bertz CT molecular complexity index is 159. The topological polar surface area (TPSA) is 92.7 Å². The van der Waals surface area contributed by atoms with Crippen LogP contribution in [0.2, 0.25) is 0 Å². The van der Waals surface area contributed by atoms with E-state index in [2.05, 4.69) is 12.6 Å². The van der Waals surface area contributed by atoms with Crippen LogP contribution in [-0.4, -0.2) is 15.6 Å². The second-order valence-corrected chi connectivity index (χ2v) is 5.05. The van der Waals surface area contributed by atoms with Gasteiger partial charge in [0.2, 0.25) is 0 Å². The van der Waals surface area contributed by atoms with Gasteiger partial charge in [0.1, 0.15) is 0 Å². The fourth-order valence-electron chi connectivity index (χ4n) is 0.150. The molecule has 0 aromatic heterocycles. The Labute approximate surface area is 93.1 Å². The van der Waals surface area contributed by atoms with Crippen molar-refractivity contribution >= 4 is 44.4 Å². The molecule has 0 bridgehead atoms. The van der Waals surface area contributed by atoms with Crippen LogP contribution in [0.3, 0.4) is 0 Å². The van der Waals surface area contributed by atoms with Gasteiger partial charge in [-0.1, -0.05) is 0 Å². The zero-order chi connectivity index (χ0) is 9.02. The van der Waals surface area contributed by atoms with Crippen molar-refractivity contribution in [2.24, 2.45) is 11.7 Å². The molecule has 9 heteroatoms. The number of amides is 2. The molecule has 0 radical (unpaired) electrons. The number of carbonyl (C=O) groups excluding carboxylic acids is 2. The first kappa shape index (κ1) is 11.7. The molecule has 0 aromatic carbocycles. The predicted octanol–water partition coefficient (Wildman–Crippen LogP) is -3.14. The first-order valence-electron chi connectivity index (χ1n) is 2.12. The van der Waals surface area contributed by atoms with E-state index < -0.39 is 27.0 Å². The number of nitrogens with zero attached hydrogens (tertiary/aromatic N) is 2. The van der Waals surface area contributed by atoms with E-state index in [1.807, 2.05) is 0 Å². The van der Waals surface area contributed by atoms with Crippen molar-refractivity contribution in [3.8, 4) is 0 Å². The van der Waals surface area contributed by atoms with Gasteiger partial charge in [-0.15, -0.1) is 0 Å². The molecule has 0 aliphatic heterocycles. The number of hydrogen-bond acceptors (Lipinski definition) is 4. The van der Waals surface area contributed by atoms with Gasteiger partial charge in [0, 0.05) is 0 Å². The Balaban J connectivity index is 3.84. The molecule has 0 saturated carbocycles. The molecule has 0 aliphatic carbocycles. The minimum absolute atomic E-state index is 0.361. The summed E-state index contributed by atoms with van der Waals surface area (Å²) in [5, 5.41) is -0.606. The maximum atomic E-state index is 10.5. The summed E-state index contributed by atoms with van der Waals surface area (Å²) in [4.78, 5) is 20.9. The summed E-state index contributed by atoms with van der Waals surface area (Å²) < 4.78 is 1.35. The number of rotatable bonds is 2. The van der Waals surface area contributed by atoms with Crippen LogP contribution in [0.4, 0.5) is 9.59 Å². The molecule has 0 aliphatic rings. The van der Waals surface area contributed by atoms with Gasteiger partial charge in [0.25, 0.3) is 0 Å². The van der Waals surface area contributed by atoms with Crippen LogP contribution in [0, 0.1) is 0 Å². The molecule has 0 saturated heterocycles. The van der Waals surface area contributed by atoms with Crippen LogP contribution < -0.4 is 33.4 Å². The predicted molar refractivity (Wildman–Crippen MR) is 45.9 cm³/mol. The van der Waals surface area contributed by atoms with E-state index in [-0.39, 0.29) is 3.91 Å². The van der Waals surface area contributed by atoms with E-state index in [0.29, 0.717) is 0 Å². The van der Waals surface area contributed by atoms with Gasteiger partial charge in [0.05, 0.1) is 0 Å².